The molecular formula is C26H33N5O4S. The molecule has 36 heavy (non-hydrogen) atoms. The highest BCUT2D eigenvalue weighted by molar-refractivity contribution is 7.98. The standard InChI is InChI=1S/C26H33N5O4S/c1-28-18-24(32)30-22(13-14-36-3)25(33)29(16-20-7-5-4-6-8-20)17-23(30)31(28)26(34)27-15-19-9-11-21(35-2)12-10-19/h4-12,22-23H,13-18H2,1-3H3,(H,27,34)/t22-,23-/m0/s1. The normalized spacial score (nSPS) is 20.4. The number of amides is 4. The fraction of sp³-hybridized carbons (Fsp3) is 0.423. The molecule has 2 atom stereocenters. The van der Waals surface area contributed by atoms with Crippen LogP contribution < -0.4 is 10.1 Å². The van der Waals surface area contributed by atoms with Gasteiger partial charge in [0, 0.05) is 20.1 Å². The summed E-state index contributed by atoms with van der Waals surface area (Å²) in [5.41, 5.74) is 1.94. The second-order valence-corrected chi connectivity index (χ2v) is 9.94. The van der Waals surface area contributed by atoms with Gasteiger partial charge in [-0.3, -0.25) is 9.59 Å². The number of nitrogens with zero attached hydrogens (tertiary/aromatic N) is 4. The second kappa shape index (κ2) is 11.7. The van der Waals surface area contributed by atoms with Crippen molar-refractivity contribution < 1.29 is 19.1 Å². The topological polar surface area (TPSA) is 85.4 Å². The van der Waals surface area contributed by atoms with Gasteiger partial charge < -0.3 is 19.9 Å². The van der Waals surface area contributed by atoms with Crippen molar-refractivity contribution in [3.05, 3.63) is 65.7 Å². The lowest BCUT2D eigenvalue weighted by Crippen LogP contribution is -2.75. The van der Waals surface area contributed by atoms with Gasteiger partial charge in [0.05, 0.1) is 20.2 Å². The first-order chi connectivity index (χ1) is 17.4. The molecule has 2 aromatic carbocycles. The van der Waals surface area contributed by atoms with Crippen LogP contribution in [0.5, 0.6) is 5.75 Å². The lowest BCUT2D eigenvalue weighted by molar-refractivity contribution is -0.187. The van der Waals surface area contributed by atoms with Crippen LogP contribution in [0.4, 0.5) is 4.79 Å². The number of thioether (sulfide) groups is 1. The molecule has 9 nitrogen and oxygen atoms in total. The van der Waals surface area contributed by atoms with Gasteiger partial charge in [-0.15, -0.1) is 0 Å². The number of carbonyl (C=O) groups excluding carboxylic acids is 3. The quantitative estimate of drug-likeness (QED) is 0.586. The number of hydrogen-bond acceptors (Lipinski definition) is 6. The van der Waals surface area contributed by atoms with E-state index >= 15 is 0 Å². The Morgan fingerprint density at radius 1 is 1.08 bits per heavy atom. The number of benzene rings is 2. The van der Waals surface area contributed by atoms with E-state index in [4.69, 9.17) is 4.74 Å². The van der Waals surface area contributed by atoms with Crippen LogP contribution in [0.2, 0.25) is 0 Å². The fourth-order valence-electron chi connectivity index (χ4n) is 4.76. The minimum absolute atomic E-state index is 0.0359. The van der Waals surface area contributed by atoms with Gasteiger partial charge in [-0.1, -0.05) is 42.5 Å². The van der Waals surface area contributed by atoms with Crippen molar-refractivity contribution in [3.8, 4) is 5.75 Å². The molecule has 2 saturated heterocycles. The third-order valence-electron chi connectivity index (χ3n) is 6.56. The maximum absolute atomic E-state index is 13.5. The highest BCUT2D eigenvalue weighted by Crippen LogP contribution is 2.29. The zero-order valence-electron chi connectivity index (χ0n) is 20.9. The molecule has 0 saturated carbocycles. The van der Waals surface area contributed by atoms with Crippen LogP contribution in [0.3, 0.4) is 0 Å². The first-order valence-electron chi connectivity index (χ1n) is 12.0. The first-order valence-corrected chi connectivity index (χ1v) is 13.4. The lowest BCUT2D eigenvalue weighted by atomic mass is 10.0. The number of hydrogen-bond donors (Lipinski definition) is 1. The predicted molar refractivity (Wildman–Crippen MR) is 139 cm³/mol. The van der Waals surface area contributed by atoms with Crippen molar-refractivity contribution in [2.75, 3.05) is 39.3 Å². The van der Waals surface area contributed by atoms with Gasteiger partial charge in [0.15, 0.2) is 0 Å². The van der Waals surface area contributed by atoms with Crippen molar-refractivity contribution in [3.63, 3.8) is 0 Å². The predicted octanol–water partition coefficient (Wildman–Crippen LogP) is 2.39. The largest absolute Gasteiger partial charge is 0.497 e. The minimum atomic E-state index is -0.599. The second-order valence-electron chi connectivity index (χ2n) is 8.95. The van der Waals surface area contributed by atoms with Crippen molar-refractivity contribution in [2.45, 2.75) is 31.7 Å². The number of urea groups is 1. The molecule has 0 aromatic heterocycles. The van der Waals surface area contributed by atoms with Crippen molar-refractivity contribution in [1.29, 1.82) is 0 Å². The molecule has 0 unspecified atom stereocenters. The number of nitrogens with one attached hydrogen (secondary N) is 1. The molecule has 4 rings (SSSR count). The maximum atomic E-state index is 13.5. The van der Waals surface area contributed by atoms with Crippen molar-refractivity contribution in [1.82, 2.24) is 25.1 Å². The Morgan fingerprint density at radius 3 is 2.47 bits per heavy atom. The van der Waals surface area contributed by atoms with Gasteiger partial charge >= 0.3 is 6.03 Å². The van der Waals surface area contributed by atoms with E-state index in [1.54, 1.807) is 45.7 Å². The van der Waals surface area contributed by atoms with Crippen LogP contribution in [-0.4, -0.2) is 89.1 Å². The summed E-state index contributed by atoms with van der Waals surface area (Å²) in [5.74, 6) is 1.28. The zero-order chi connectivity index (χ0) is 25.7. The van der Waals surface area contributed by atoms with Gasteiger partial charge in [0.1, 0.15) is 18.0 Å². The third kappa shape index (κ3) is 5.60. The lowest BCUT2D eigenvalue weighted by Gasteiger charge is -2.54. The number of rotatable bonds is 8. The number of piperazine rings is 1. The number of ether oxygens (including phenoxy) is 1. The molecule has 2 aliphatic rings. The molecule has 192 valence electrons. The highest BCUT2D eigenvalue weighted by Gasteiger charge is 2.50. The summed E-state index contributed by atoms with van der Waals surface area (Å²) < 4.78 is 5.20. The Bertz CT molecular complexity index is 1070. The van der Waals surface area contributed by atoms with Gasteiger partial charge in [0.25, 0.3) is 0 Å². The molecule has 2 fully saturated rings. The van der Waals surface area contributed by atoms with Gasteiger partial charge in [0.2, 0.25) is 11.8 Å². The van der Waals surface area contributed by atoms with Crippen molar-refractivity contribution in [2.24, 2.45) is 0 Å². The fourth-order valence-corrected chi connectivity index (χ4v) is 5.22. The molecule has 0 radical (unpaired) electrons. The number of likely N-dealkylation sites (N-methyl/N-ethyl adjacent to an activating group) is 1. The molecule has 2 heterocycles. The van der Waals surface area contributed by atoms with Crippen LogP contribution in [0.1, 0.15) is 17.5 Å². The average molecular weight is 512 g/mol. The van der Waals surface area contributed by atoms with Crippen LogP contribution in [0.15, 0.2) is 54.6 Å². The molecule has 2 aliphatic heterocycles. The summed E-state index contributed by atoms with van der Waals surface area (Å²) in [6.45, 7) is 1.04. The van der Waals surface area contributed by atoms with Gasteiger partial charge in [-0.25, -0.2) is 14.8 Å². The zero-order valence-corrected chi connectivity index (χ0v) is 21.7. The summed E-state index contributed by atoms with van der Waals surface area (Å²) in [6, 6.07) is 16.4. The maximum Gasteiger partial charge on any atom is 0.334 e. The number of hydrazine groups is 1. The molecule has 0 spiro atoms. The minimum Gasteiger partial charge on any atom is -0.497 e. The Kier molecular flexibility index (Phi) is 8.37. The number of carbonyl (C=O) groups is 3. The smallest absolute Gasteiger partial charge is 0.334 e. The third-order valence-corrected chi connectivity index (χ3v) is 7.21. The van der Waals surface area contributed by atoms with E-state index in [-0.39, 0.29) is 30.9 Å². The SMILES string of the molecule is COc1ccc(CNC(=O)N2[C@H]3CN(Cc4ccccc4)C(=O)[C@H](CCSC)N3C(=O)CN2C)cc1. The van der Waals surface area contributed by atoms with E-state index < -0.39 is 12.2 Å². The Hall–Kier alpha value is -3.24. The van der Waals surface area contributed by atoms with Gasteiger partial charge in [-0.05, 0) is 41.7 Å². The molecule has 0 aliphatic carbocycles. The van der Waals surface area contributed by atoms with Crippen LogP contribution in [0, 0.1) is 0 Å². The summed E-state index contributed by atoms with van der Waals surface area (Å²) in [4.78, 5) is 43.5. The average Bonchev–Trinajstić information content (AvgIpc) is 2.88. The van der Waals surface area contributed by atoms with Crippen LogP contribution in [-0.2, 0) is 22.7 Å². The van der Waals surface area contributed by atoms with Crippen molar-refractivity contribution >= 4 is 29.6 Å². The van der Waals surface area contributed by atoms with Gasteiger partial charge in [-0.2, -0.15) is 11.8 Å². The van der Waals surface area contributed by atoms with E-state index in [0.29, 0.717) is 19.5 Å². The summed E-state index contributed by atoms with van der Waals surface area (Å²) >= 11 is 1.64. The monoisotopic (exact) mass is 511 g/mol. The highest BCUT2D eigenvalue weighted by atomic mass is 32.2. The van der Waals surface area contributed by atoms with E-state index in [1.165, 1.54) is 0 Å². The Labute approximate surface area is 216 Å². The number of fused-ring (bicyclic) bond motifs is 1. The Morgan fingerprint density at radius 2 is 1.81 bits per heavy atom. The number of methoxy groups -OCH3 is 1. The molecule has 4 amide bonds. The first kappa shape index (κ1) is 25.8. The van der Waals surface area contributed by atoms with Crippen LogP contribution >= 0.6 is 11.8 Å². The molecule has 2 aromatic rings. The van der Waals surface area contributed by atoms with E-state index in [9.17, 15) is 14.4 Å². The molecule has 0 bridgehead atoms. The summed E-state index contributed by atoms with van der Waals surface area (Å²) in [7, 11) is 3.34. The van der Waals surface area contributed by atoms with E-state index in [2.05, 4.69) is 5.32 Å². The van der Waals surface area contributed by atoms with E-state index in [0.717, 1.165) is 22.6 Å². The van der Waals surface area contributed by atoms with Crippen LogP contribution in [0.25, 0.3) is 0 Å². The molecule has 1 N–H and O–H groups in total. The molecular weight excluding hydrogens is 478 g/mol. The Balaban J connectivity index is 1.56. The summed E-state index contributed by atoms with van der Waals surface area (Å²) in [6.07, 6.45) is 1.94. The molecule has 10 heteroatoms. The summed E-state index contributed by atoms with van der Waals surface area (Å²) in [5, 5.41) is 6.21. The van der Waals surface area contributed by atoms with E-state index in [1.807, 2.05) is 60.9 Å².